The van der Waals surface area contributed by atoms with Gasteiger partial charge in [0.25, 0.3) is 5.91 Å². The number of likely N-dealkylation sites (tertiary alicyclic amines) is 1. The Labute approximate surface area is 160 Å². The molecule has 1 spiro atoms. The van der Waals surface area contributed by atoms with Crippen LogP contribution >= 0.6 is 0 Å². The molecule has 28 heavy (non-hydrogen) atoms. The zero-order chi connectivity index (χ0) is 19.9. The molecular weight excluding hydrogens is 372 g/mol. The first-order valence-electron chi connectivity index (χ1n) is 9.31. The van der Waals surface area contributed by atoms with E-state index in [0.29, 0.717) is 32.6 Å². The Hall–Kier alpha value is -2.55. The SMILES string of the molecule is O=C1CC(CN2C(=O)NC3(CCOCC3)C2=O)CN1Cc1ccc(F)cc1F. The molecule has 0 bridgehead atoms. The minimum Gasteiger partial charge on any atom is -0.381 e. The fraction of sp³-hybridized carbons (Fsp3) is 0.526. The topological polar surface area (TPSA) is 79.0 Å². The number of benzene rings is 1. The molecule has 4 amide bonds. The summed E-state index contributed by atoms with van der Waals surface area (Å²) in [5.74, 6) is -2.04. The van der Waals surface area contributed by atoms with E-state index in [9.17, 15) is 23.2 Å². The van der Waals surface area contributed by atoms with Crippen LogP contribution in [-0.2, 0) is 20.9 Å². The first-order valence-corrected chi connectivity index (χ1v) is 9.31. The number of nitrogens with one attached hydrogen (secondary N) is 1. The molecule has 4 rings (SSSR count). The summed E-state index contributed by atoms with van der Waals surface area (Å²) in [6.07, 6.45) is 1.05. The average molecular weight is 393 g/mol. The van der Waals surface area contributed by atoms with Crippen molar-refractivity contribution in [2.24, 2.45) is 5.92 Å². The molecule has 3 saturated heterocycles. The fourth-order valence-corrected chi connectivity index (χ4v) is 4.14. The Morgan fingerprint density at radius 2 is 1.93 bits per heavy atom. The fourth-order valence-electron chi connectivity index (χ4n) is 4.14. The predicted molar refractivity (Wildman–Crippen MR) is 92.9 cm³/mol. The molecule has 3 fully saturated rings. The molecule has 3 heterocycles. The van der Waals surface area contributed by atoms with Gasteiger partial charge in [0.2, 0.25) is 5.91 Å². The van der Waals surface area contributed by atoms with Gasteiger partial charge in [-0.1, -0.05) is 6.07 Å². The second-order valence-electron chi connectivity index (χ2n) is 7.62. The van der Waals surface area contributed by atoms with Crippen molar-refractivity contribution in [3.05, 3.63) is 35.4 Å². The zero-order valence-corrected chi connectivity index (χ0v) is 15.2. The number of ether oxygens (including phenoxy) is 1. The van der Waals surface area contributed by atoms with Gasteiger partial charge in [-0.25, -0.2) is 13.6 Å². The molecule has 3 aliphatic rings. The van der Waals surface area contributed by atoms with Gasteiger partial charge in [-0.3, -0.25) is 14.5 Å². The van der Waals surface area contributed by atoms with Crippen molar-refractivity contribution in [3.63, 3.8) is 0 Å². The Bertz CT molecular complexity index is 825. The average Bonchev–Trinajstić information content (AvgIpc) is 3.10. The largest absolute Gasteiger partial charge is 0.381 e. The Morgan fingerprint density at radius 3 is 2.64 bits per heavy atom. The van der Waals surface area contributed by atoms with Gasteiger partial charge >= 0.3 is 6.03 Å². The lowest BCUT2D eigenvalue weighted by molar-refractivity contribution is -0.135. The summed E-state index contributed by atoms with van der Waals surface area (Å²) in [4.78, 5) is 40.1. The standard InChI is InChI=1S/C19H21F2N3O4/c20-14-2-1-13(15(21)8-14)11-23-9-12(7-16(23)25)10-24-17(26)19(22-18(24)27)3-5-28-6-4-19/h1-2,8,12H,3-7,9-11H2,(H,22,27). The van der Waals surface area contributed by atoms with Gasteiger partial charge in [-0.15, -0.1) is 0 Å². The molecule has 3 aliphatic heterocycles. The van der Waals surface area contributed by atoms with E-state index in [1.165, 1.54) is 15.9 Å². The summed E-state index contributed by atoms with van der Waals surface area (Å²) >= 11 is 0. The number of carbonyl (C=O) groups excluding carboxylic acids is 3. The number of urea groups is 1. The highest BCUT2D eigenvalue weighted by molar-refractivity contribution is 6.07. The van der Waals surface area contributed by atoms with Crippen LogP contribution in [0.1, 0.15) is 24.8 Å². The van der Waals surface area contributed by atoms with Gasteiger partial charge in [-0.05, 0) is 6.07 Å². The van der Waals surface area contributed by atoms with E-state index in [4.69, 9.17) is 4.74 Å². The molecule has 1 aromatic rings. The van der Waals surface area contributed by atoms with Crippen LogP contribution < -0.4 is 5.32 Å². The molecule has 150 valence electrons. The molecule has 1 aromatic carbocycles. The van der Waals surface area contributed by atoms with Crippen LogP contribution in [0.3, 0.4) is 0 Å². The number of hydrogen-bond donors (Lipinski definition) is 1. The number of rotatable bonds is 4. The van der Waals surface area contributed by atoms with Gasteiger partial charge < -0.3 is 15.0 Å². The van der Waals surface area contributed by atoms with Gasteiger partial charge in [0, 0.05) is 69.7 Å². The van der Waals surface area contributed by atoms with E-state index in [1.807, 2.05) is 0 Å². The van der Waals surface area contributed by atoms with Crippen molar-refractivity contribution < 1.29 is 27.9 Å². The third kappa shape index (κ3) is 3.34. The highest BCUT2D eigenvalue weighted by Gasteiger charge is 2.52. The van der Waals surface area contributed by atoms with E-state index in [0.717, 1.165) is 12.1 Å². The minimum absolute atomic E-state index is 0.0306. The van der Waals surface area contributed by atoms with Gasteiger partial charge in [-0.2, -0.15) is 0 Å². The number of amides is 4. The first-order chi connectivity index (χ1) is 13.4. The highest BCUT2D eigenvalue weighted by atomic mass is 19.1. The van der Waals surface area contributed by atoms with Crippen molar-refractivity contribution in [1.29, 1.82) is 0 Å². The van der Waals surface area contributed by atoms with E-state index in [1.54, 1.807) is 0 Å². The number of hydrogen-bond acceptors (Lipinski definition) is 4. The normalized spacial score (nSPS) is 24.4. The van der Waals surface area contributed by atoms with Gasteiger partial charge in [0.15, 0.2) is 0 Å². The summed E-state index contributed by atoms with van der Waals surface area (Å²) in [5, 5.41) is 2.79. The van der Waals surface area contributed by atoms with Crippen molar-refractivity contribution in [2.75, 3.05) is 26.3 Å². The molecule has 0 aromatic heterocycles. The number of imide groups is 1. The number of halogens is 2. The molecular formula is C19H21F2N3O4. The summed E-state index contributed by atoms with van der Waals surface area (Å²) in [6, 6.07) is 2.81. The quantitative estimate of drug-likeness (QED) is 0.785. The lowest BCUT2D eigenvalue weighted by Gasteiger charge is -2.30. The molecule has 1 N–H and O–H groups in total. The first kappa shape index (κ1) is 18.8. The monoisotopic (exact) mass is 393 g/mol. The maximum atomic E-state index is 13.9. The number of nitrogens with zero attached hydrogens (tertiary/aromatic N) is 2. The molecule has 0 radical (unpaired) electrons. The summed E-state index contributed by atoms with van der Waals surface area (Å²) in [5.41, 5.74) is -0.666. The summed E-state index contributed by atoms with van der Waals surface area (Å²) in [7, 11) is 0. The maximum absolute atomic E-state index is 13.9. The van der Waals surface area contributed by atoms with Crippen LogP contribution in [0.5, 0.6) is 0 Å². The predicted octanol–water partition coefficient (Wildman–Crippen LogP) is 1.41. The Balaban J connectivity index is 1.40. The third-order valence-corrected chi connectivity index (χ3v) is 5.70. The Morgan fingerprint density at radius 1 is 1.18 bits per heavy atom. The lowest BCUT2D eigenvalue weighted by Crippen LogP contribution is -2.51. The van der Waals surface area contributed by atoms with Gasteiger partial charge in [0.05, 0.1) is 0 Å². The zero-order valence-electron chi connectivity index (χ0n) is 15.2. The van der Waals surface area contributed by atoms with Crippen LogP contribution in [-0.4, -0.2) is 59.5 Å². The van der Waals surface area contributed by atoms with Crippen LogP contribution in [0.2, 0.25) is 0 Å². The van der Waals surface area contributed by atoms with E-state index >= 15 is 0 Å². The van der Waals surface area contributed by atoms with E-state index < -0.39 is 23.2 Å². The lowest BCUT2D eigenvalue weighted by atomic mass is 9.90. The van der Waals surface area contributed by atoms with Crippen molar-refractivity contribution in [3.8, 4) is 0 Å². The van der Waals surface area contributed by atoms with E-state index in [2.05, 4.69) is 5.32 Å². The van der Waals surface area contributed by atoms with Crippen molar-refractivity contribution in [1.82, 2.24) is 15.1 Å². The second-order valence-corrected chi connectivity index (χ2v) is 7.62. The summed E-state index contributed by atoms with van der Waals surface area (Å²) < 4.78 is 32.2. The number of carbonyl (C=O) groups is 3. The van der Waals surface area contributed by atoms with Crippen LogP contribution in [0.15, 0.2) is 18.2 Å². The van der Waals surface area contributed by atoms with Crippen molar-refractivity contribution in [2.45, 2.75) is 31.3 Å². The van der Waals surface area contributed by atoms with Gasteiger partial charge in [0.1, 0.15) is 17.2 Å². The maximum Gasteiger partial charge on any atom is 0.325 e. The van der Waals surface area contributed by atoms with Crippen LogP contribution in [0.25, 0.3) is 0 Å². The second kappa shape index (κ2) is 7.12. The minimum atomic E-state index is -0.894. The van der Waals surface area contributed by atoms with Crippen LogP contribution in [0, 0.1) is 17.6 Å². The molecule has 9 heteroatoms. The highest BCUT2D eigenvalue weighted by Crippen LogP contribution is 2.30. The molecule has 7 nitrogen and oxygen atoms in total. The molecule has 0 aliphatic carbocycles. The molecule has 1 unspecified atom stereocenters. The van der Waals surface area contributed by atoms with E-state index in [-0.39, 0.29) is 42.8 Å². The van der Waals surface area contributed by atoms with Crippen molar-refractivity contribution >= 4 is 17.8 Å². The Kier molecular flexibility index (Phi) is 4.78. The smallest absolute Gasteiger partial charge is 0.325 e. The molecule has 1 atom stereocenters. The van der Waals surface area contributed by atoms with Crippen LogP contribution in [0.4, 0.5) is 13.6 Å². The molecule has 0 saturated carbocycles. The summed E-state index contributed by atoms with van der Waals surface area (Å²) in [6.45, 7) is 1.31. The third-order valence-electron chi connectivity index (χ3n) is 5.70.